The van der Waals surface area contributed by atoms with Crippen LogP contribution in [-0.4, -0.2) is 23.2 Å². The lowest BCUT2D eigenvalue weighted by molar-refractivity contribution is -0.0602. The monoisotopic (exact) mass is 155 g/mol. The predicted molar refractivity (Wildman–Crippen MR) is 30.8 cm³/mol. The van der Waals surface area contributed by atoms with Gasteiger partial charge in [-0.15, -0.1) is 0 Å². The highest BCUT2D eigenvalue weighted by Gasteiger charge is 2.31. The second-order valence-corrected chi connectivity index (χ2v) is 1.84. The van der Waals surface area contributed by atoms with Crippen LogP contribution in [0.3, 0.4) is 0 Å². The quantitative estimate of drug-likeness (QED) is 0.569. The number of aliphatic hydroxyl groups is 1. The highest BCUT2D eigenvalue weighted by molar-refractivity contribution is 5.87. The molecule has 0 fully saturated rings. The minimum atomic E-state index is -4.42. The van der Waals surface area contributed by atoms with Crippen molar-refractivity contribution in [2.75, 3.05) is 0 Å². The van der Waals surface area contributed by atoms with Crippen LogP contribution in [0, 0.1) is 0 Å². The Morgan fingerprint density at radius 3 is 2.00 bits per heavy atom. The van der Waals surface area contributed by atoms with Crippen molar-refractivity contribution >= 4 is 5.71 Å². The number of aliphatic hydroxyl groups excluding tert-OH is 1. The largest absolute Gasteiger partial charge is 0.428 e. The average molecular weight is 155 g/mol. The Hall–Kier alpha value is -0.580. The van der Waals surface area contributed by atoms with Crippen LogP contribution in [0.4, 0.5) is 13.2 Å². The van der Waals surface area contributed by atoms with Gasteiger partial charge in [0.25, 0.3) is 0 Å². The normalized spacial score (nSPS) is 17.2. The third-order valence-electron chi connectivity index (χ3n) is 0.791. The molecule has 0 bridgehead atoms. The molecule has 0 saturated heterocycles. The summed E-state index contributed by atoms with van der Waals surface area (Å²) in [6.45, 7) is 1.97. The van der Waals surface area contributed by atoms with Crippen molar-refractivity contribution in [2.24, 2.45) is 4.99 Å². The molecule has 0 rings (SSSR count). The molecule has 0 aromatic carbocycles. The van der Waals surface area contributed by atoms with Crippen LogP contribution >= 0.6 is 0 Å². The Labute approximate surface area is 56.4 Å². The van der Waals surface area contributed by atoms with Gasteiger partial charge in [0.2, 0.25) is 0 Å². The van der Waals surface area contributed by atoms with Crippen LogP contribution in [0.5, 0.6) is 0 Å². The average Bonchev–Trinajstić information content (AvgIpc) is 1.60. The highest BCUT2D eigenvalue weighted by Crippen LogP contribution is 2.17. The van der Waals surface area contributed by atoms with Crippen molar-refractivity contribution in [3.63, 3.8) is 0 Å². The van der Waals surface area contributed by atoms with Gasteiger partial charge in [-0.1, -0.05) is 0 Å². The van der Waals surface area contributed by atoms with Crippen LogP contribution in [-0.2, 0) is 0 Å². The number of rotatable bonds is 1. The van der Waals surface area contributed by atoms with Gasteiger partial charge >= 0.3 is 6.18 Å². The van der Waals surface area contributed by atoms with Crippen molar-refractivity contribution < 1.29 is 18.3 Å². The molecule has 0 spiro atoms. The minimum Gasteiger partial charge on any atom is -0.372 e. The zero-order valence-electron chi connectivity index (χ0n) is 5.61. The number of aliphatic imine (C=N–C) groups is 1. The molecule has 0 aliphatic rings. The fraction of sp³-hybridized carbons (Fsp3) is 0.800. The van der Waals surface area contributed by atoms with E-state index >= 15 is 0 Å². The molecule has 0 aliphatic heterocycles. The first-order valence-corrected chi connectivity index (χ1v) is 2.63. The molecule has 60 valence electrons. The van der Waals surface area contributed by atoms with Crippen LogP contribution in [0.25, 0.3) is 0 Å². The fourth-order valence-corrected chi connectivity index (χ4v) is 0.353. The van der Waals surface area contributed by atoms with Crippen molar-refractivity contribution in [1.82, 2.24) is 0 Å². The van der Waals surface area contributed by atoms with Gasteiger partial charge in [0.05, 0.1) is 0 Å². The molecule has 0 amide bonds. The van der Waals surface area contributed by atoms with Gasteiger partial charge in [0.15, 0.2) is 0 Å². The summed E-state index contributed by atoms with van der Waals surface area (Å²) in [6.07, 6.45) is -5.71. The Balaban J connectivity index is 4.20. The summed E-state index contributed by atoms with van der Waals surface area (Å²) in [6, 6.07) is 0. The third-order valence-corrected chi connectivity index (χ3v) is 0.791. The summed E-state index contributed by atoms with van der Waals surface area (Å²) in [4.78, 5) is 2.90. The van der Waals surface area contributed by atoms with Gasteiger partial charge in [0.1, 0.15) is 11.9 Å². The van der Waals surface area contributed by atoms with E-state index in [2.05, 4.69) is 4.99 Å². The lowest BCUT2D eigenvalue weighted by atomic mass is 10.4. The topological polar surface area (TPSA) is 32.6 Å². The molecule has 0 radical (unpaired) electrons. The first kappa shape index (κ1) is 9.42. The molecule has 0 saturated carbocycles. The molecule has 1 atom stereocenters. The summed E-state index contributed by atoms with van der Waals surface area (Å²) in [5.74, 6) is 0. The summed E-state index contributed by atoms with van der Waals surface area (Å²) in [7, 11) is 0. The van der Waals surface area contributed by atoms with E-state index in [0.717, 1.165) is 13.8 Å². The van der Waals surface area contributed by atoms with Gasteiger partial charge < -0.3 is 5.11 Å². The molecule has 0 aromatic rings. The predicted octanol–water partition coefficient (Wildman–Crippen LogP) is 1.35. The second-order valence-electron chi connectivity index (χ2n) is 1.84. The van der Waals surface area contributed by atoms with Gasteiger partial charge in [-0.2, -0.15) is 13.2 Å². The Kier molecular flexibility index (Phi) is 2.83. The zero-order chi connectivity index (χ0) is 8.36. The van der Waals surface area contributed by atoms with Crippen molar-refractivity contribution in [2.45, 2.75) is 26.3 Å². The minimum absolute atomic E-state index is 0.812. The molecular formula is C5H8F3NO. The van der Waals surface area contributed by atoms with Crippen LogP contribution in [0.1, 0.15) is 13.8 Å². The molecule has 0 unspecified atom stereocenters. The molecule has 0 aromatic heterocycles. The van der Waals surface area contributed by atoms with Crippen LogP contribution in [0.15, 0.2) is 4.99 Å². The maximum atomic E-state index is 11.6. The van der Waals surface area contributed by atoms with Crippen LogP contribution in [0.2, 0.25) is 0 Å². The Bertz CT molecular complexity index is 138. The standard InChI is InChI=1S/C5H8F3NO/c1-3(5(6,7)8)9-4(2)10/h4,10H,1-2H3/t4-/m1/s1. The number of alkyl halides is 3. The van der Waals surface area contributed by atoms with E-state index < -0.39 is 18.1 Å². The molecule has 0 aliphatic carbocycles. The maximum absolute atomic E-state index is 11.6. The van der Waals surface area contributed by atoms with E-state index in [4.69, 9.17) is 5.11 Å². The SMILES string of the molecule is CC(=N[C@@H](C)O)C(F)(F)F. The first-order valence-electron chi connectivity index (χ1n) is 2.63. The number of hydrogen-bond donors (Lipinski definition) is 1. The first-order chi connectivity index (χ1) is 4.34. The number of nitrogens with zero attached hydrogens (tertiary/aromatic N) is 1. The molecule has 5 heteroatoms. The van der Waals surface area contributed by atoms with E-state index in [0.29, 0.717) is 0 Å². The molecule has 2 nitrogen and oxygen atoms in total. The van der Waals surface area contributed by atoms with E-state index in [1.807, 2.05) is 0 Å². The van der Waals surface area contributed by atoms with Gasteiger partial charge in [-0.25, -0.2) is 0 Å². The molecule has 1 N–H and O–H groups in total. The summed E-state index contributed by atoms with van der Waals surface area (Å²) >= 11 is 0. The number of hydrogen-bond acceptors (Lipinski definition) is 2. The lowest BCUT2D eigenvalue weighted by Gasteiger charge is -2.05. The van der Waals surface area contributed by atoms with Crippen LogP contribution < -0.4 is 0 Å². The summed E-state index contributed by atoms with van der Waals surface area (Å²) < 4.78 is 34.7. The summed E-state index contributed by atoms with van der Waals surface area (Å²) in [5, 5.41) is 8.40. The fourth-order valence-electron chi connectivity index (χ4n) is 0.353. The molecular weight excluding hydrogens is 147 g/mol. The third kappa shape index (κ3) is 3.45. The van der Waals surface area contributed by atoms with Crippen molar-refractivity contribution in [1.29, 1.82) is 0 Å². The van der Waals surface area contributed by atoms with Gasteiger partial charge in [-0.05, 0) is 13.8 Å². The maximum Gasteiger partial charge on any atom is 0.428 e. The summed E-state index contributed by atoms with van der Waals surface area (Å²) in [5.41, 5.74) is -1.01. The van der Waals surface area contributed by atoms with Crippen molar-refractivity contribution in [3.05, 3.63) is 0 Å². The van der Waals surface area contributed by atoms with E-state index in [9.17, 15) is 13.2 Å². The molecule has 10 heavy (non-hydrogen) atoms. The lowest BCUT2D eigenvalue weighted by Crippen LogP contribution is -2.21. The zero-order valence-corrected chi connectivity index (χ0v) is 5.61. The molecule has 0 heterocycles. The van der Waals surface area contributed by atoms with Gasteiger partial charge in [-0.3, -0.25) is 4.99 Å². The Morgan fingerprint density at radius 1 is 1.50 bits per heavy atom. The number of halogens is 3. The van der Waals surface area contributed by atoms with Crippen molar-refractivity contribution in [3.8, 4) is 0 Å². The Morgan fingerprint density at radius 2 is 1.90 bits per heavy atom. The van der Waals surface area contributed by atoms with Gasteiger partial charge in [0, 0.05) is 0 Å². The smallest absolute Gasteiger partial charge is 0.372 e. The van der Waals surface area contributed by atoms with E-state index in [-0.39, 0.29) is 0 Å². The second kappa shape index (κ2) is 3.01. The highest BCUT2D eigenvalue weighted by atomic mass is 19.4. The van der Waals surface area contributed by atoms with E-state index in [1.165, 1.54) is 0 Å². The van der Waals surface area contributed by atoms with E-state index in [1.54, 1.807) is 0 Å².